The molecule has 0 bridgehead atoms. The van der Waals surface area contributed by atoms with Gasteiger partial charge in [0.05, 0.1) is 12.6 Å². The van der Waals surface area contributed by atoms with Gasteiger partial charge in [-0.25, -0.2) is 0 Å². The van der Waals surface area contributed by atoms with E-state index in [2.05, 4.69) is 4.90 Å². The van der Waals surface area contributed by atoms with E-state index in [1.54, 1.807) is 6.07 Å². The van der Waals surface area contributed by atoms with E-state index in [1.807, 2.05) is 12.1 Å². The summed E-state index contributed by atoms with van der Waals surface area (Å²) in [7, 11) is 0. The number of hydrogen-bond donors (Lipinski definition) is 2. The first-order valence-electron chi connectivity index (χ1n) is 6.91. The van der Waals surface area contributed by atoms with Crippen LogP contribution in [0, 0.1) is 0 Å². The standard InChI is InChI=1S/C15H22N2O2/c1-11(19)14-9-12(6-7-15(14)16)17-8-4-2-3-5-13(17)10-18/h6-7,9,13,18H,2-5,8,10,16H2,1H3. The lowest BCUT2D eigenvalue weighted by Gasteiger charge is -2.31. The minimum Gasteiger partial charge on any atom is -0.398 e. The molecule has 1 aliphatic rings. The molecule has 0 spiro atoms. The van der Waals surface area contributed by atoms with E-state index < -0.39 is 0 Å². The van der Waals surface area contributed by atoms with Gasteiger partial charge in [-0.3, -0.25) is 4.79 Å². The predicted molar refractivity (Wildman–Crippen MR) is 77.5 cm³/mol. The Labute approximate surface area is 114 Å². The summed E-state index contributed by atoms with van der Waals surface area (Å²) >= 11 is 0. The van der Waals surface area contributed by atoms with Gasteiger partial charge in [-0.1, -0.05) is 12.8 Å². The average molecular weight is 262 g/mol. The summed E-state index contributed by atoms with van der Waals surface area (Å²) < 4.78 is 0. The number of nitrogens with two attached hydrogens (primary N) is 1. The van der Waals surface area contributed by atoms with Gasteiger partial charge in [-0.2, -0.15) is 0 Å². The molecule has 0 radical (unpaired) electrons. The van der Waals surface area contributed by atoms with Crippen LogP contribution in [0.25, 0.3) is 0 Å². The quantitative estimate of drug-likeness (QED) is 0.647. The number of aliphatic hydroxyl groups is 1. The summed E-state index contributed by atoms with van der Waals surface area (Å²) in [4.78, 5) is 13.8. The van der Waals surface area contributed by atoms with Crippen LogP contribution in [0.5, 0.6) is 0 Å². The number of Topliss-reactive ketones (excluding diaryl/α,β-unsaturated/α-hetero) is 1. The molecule has 1 aromatic rings. The molecule has 104 valence electrons. The Bertz CT molecular complexity index is 459. The van der Waals surface area contributed by atoms with Gasteiger partial charge in [0.2, 0.25) is 0 Å². The molecular weight excluding hydrogens is 240 g/mol. The first-order chi connectivity index (χ1) is 9.13. The van der Waals surface area contributed by atoms with E-state index in [9.17, 15) is 9.90 Å². The topological polar surface area (TPSA) is 66.6 Å². The minimum absolute atomic E-state index is 0.0188. The molecular formula is C15H22N2O2. The second kappa shape index (κ2) is 6.06. The minimum atomic E-state index is -0.0188. The number of nitrogen functional groups attached to an aromatic ring is 1. The van der Waals surface area contributed by atoms with Crippen LogP contribution < -0.4 is 10.6 Å². The maximum absolute atomic E-state index is 11.6. The van der Waals surface area contributed by atoms with E-state index in [0.29, 0.717) is 11.3 Å². The third kappa shape index (κ3) is 3.07. The summed E-state index contributed by atoms with van der Waals surface area (Å²) in [5.41, 5.74) is 7.90. The number of benzene rings is 1. The van der Waals surface area contributed by atoms with Crippen LogP contribution in [-0.2, 0) is 0 Å². The molecule has 0 amide bonds. The van der Waals surface area contributed by atoms with Crippen molar-refractivity contribution in [1.29, 1.82) is 0 Å². The summed E-state index contributed by atoms with van der Waals surface area (Å²) in [6.07, 6.45) is 4.46. The third-order valence-electron chi connectivity index (χ3n) is 3.84. The molecule has 0 saturated carbocycles. The van der Waals surface area contributed by atoms with Crippen LogP contribution in [-0.4, -0.2) is 30.1 Å². The fraction of sp³-hybridized carbons (Fsp3) is 0.533. The summed E-state index contributed by atoms with van der Waals surface area (Å²) in [5.74, 6) is -0.0188. The first-order valence-corrected chi connectivity index (χ1v) is 6.91. The van der Waals surface area contributed by atoms with Gasteiger partial charge in [0.25, 0.3) is 0 Å². The Morgan fingerprint density at radius 3 is 2.89 bits per heavy atom. The molecule has 4 nitrogen and oxygen atoms in total. The molecule has 4 heteroatoms. The van der Waals surface area contributed by atoms with Crippen molar-refractivity contribution >= 4 is 17.2 Å². The predicted octanol–water partition coefficient (Wildman–Crippen LogP) is 2.21. The highest BCUT2D eigenvalue weighted by atomic mass is 16.3. The maximum atomic E-state index is 11.6. The lowest BCUT2D eigenvalue weighted by molar-refractivity contribution is 0.101. The molecule has 3 N–H and O–H groups in total. The number of rotatable bonds is 3. The third-order valence-corrected chi connectivity index (χ3v) is 3.84. The second-order valence-corrected chi connectivity index (χ2v) is 5.21. The molecule has 1 saturated heterocycles. The molecule has 0 aromatic heterocycles. The van der Waals surface area contributed by atoms with Crippen molar-refractivity contribution in [3.8, 4) is 0 Å². The van der Waals surface area contributed by atoms with Gasteiger partial charge in [-0.15, -0.1) is 0 Å². The Hall–Kier alpha value is -1.55. The van der Waals surface area contributed by atoms with Crippen molar-refractivity contribution in [2.45, 2.75) is 38.6 Å². The molecule has 1 heterocycles. The van der Waals surface area contributed by atoms with Gasteiger partial charge >= 0.3 is 0 Å². The van der Waals surface area contributed by atoms with Crippen LogP contribution in [0.1, 0.15) is 43.0 Å². The lowest BCUT2D eigenvalue weighted by atomic mass is 10.1. The molecule has 1 unspecified atom stereocenters. The van der Waals surface area contributed by atoms with E-state index in [0.717, 1.165) is 31.5 Å². The number of anilines is 2. The summed E-state index contributed by atoms with van der Waals surface area (Å²) in [5, 5.41) is 9.55. The highest BCUT2D eigenvalue weighted by Gasteiger charge is 2.21. The molecule has 19 heavy (non-hydrogen) atoms. The Kier molecular flexibility index (Phi) is 4.43. The molecule has 1 aliphatic heterocycles. The van der Waals surface area contributed by atoms with Crippen molar-refractivity contribution in [3.05, 3.63) is 23.8 Å². The van der Waals surface area contributed by atoms with Gasteiger partial charge in [0, 0.05) is 23.5 Å². The Balaban J connectivity index is 2.33. The number of hydrogen-bond acceptors (Lipinski definition) is 4. The van der Waals surface area contributed by atoms with E-state index >= 15 is 0 Å². The zero-order valence-corrected chi connectivity index (χ0v) is 11.4. The fourth-order valence-corrected chi connectivity index (χ4v) is 2.73. The van der Waals surface area contributed by atoms with Crippen LogP contribution in [0.4, 0.5) is 11.4 Å². The number of carbonyl (C=O) groups excluding carboxylic acids is 1. The van der Waals surface area contributed by atoms with Gasteiger partial charge in [-0.05, 0) is 38.0 Å². The fourth-order valence-electron chi connectivity index (χ4n) is 2.73. The highest BCUT2D eigenvalue weighted by molar-refractivity contribution is 6.00. The number of ketones is 1. The average Bonchev–Trinajstić information content (AvgIpc) is 2.64. The molecule has 1 aromatic carbocycles. The van der Waals surface area contributed by atoms with Gasteiger partial charge in [0.1, 0.15) is 0 Å². The molecule has 1 fully saturated rings. The van der Waals surface area contributed by atoms with E-state index in [1.165, 1.54) is 13.3 Å². The summed E-state index contributed by atoms with van der Waals surface area (Å²) in [6.45, 7) is 2.60. The highest BCUT2D eigenvalue weighted by Crippen LogP contribution is 2.27. The van der Waals surface area contributed by atoms with Crippen molar-refractivity contribution in [1.82, 2.24) is 0 Å². The molecule has 2 rings (SSSR count). The number of nitrogens with zero attached hydrogens (tertiary/aromatic N) is 1. The largest absolute Gasteiger partial charge is 0.398 e. The normalized spacial score (nSPS) is 20.1. The molecule has 1 atom stereocenters. The smallest absolute Gasteiger partial charge is 0.161 e. The Morgan fingerprint density at radius 1 is 1.42 bits per heavy atom. The van der Waals surface area contributed by atoms with Crippen LogP contribution in [0.3, 0.4) is 0 Å². The first kappa shape index (κ1) is 13.9. The van der Waals surface area contributed by atoms with E-state index in [4.69, 9.17) is 5.73 Å². The zero-order valence-electron chi connectivity index (χ0n) is 11.4. The monoisotopic (exact) mass is 262 g/mol. The van der Waals surface area contributed by atoms with Gasteiger partial charge < -0.3 is 15.7 Å². The number of carbonyl (C=O) groups is 1. The number of aliphatic hydroxyl groups excluding tert-OH is 1. The van der Waals surface area contributed by atoms with Crippen molar-refractivity contribution in [2.24, 2.45) is 0 Å². The van der Waals surface area contributed by atoms with Crippen LogP contribution in [0.15, 0.2) is 18.2 Å². The molecule has 0 aliphatic carbocycles. The van der Waals surface area contributed by atoms with Crippen molar-refractivity contribution in [3.63, 3.8) is 0 Å². The summed E-state index contributed by atoms with van der Waals surface area (Å²) in [6, 6.07) is 5.72. The lowest BCUT2D eigenvalue weighted by Crippen LogP contribution is -2.37. The van der Waals surface area contributed by atoms with Crippen molar-refractivity contribution < 1.29 is 9.90 Å². The second-order valence-electron chi connectivity index (χ2n) is 5.21. The van der Waals surface area contributed by atoms with Crippen molar-refractivity contribution in [2.75, 3.05) is 23.8 Å². The maximum Gasteiger partial charge on any atom is 0.161 e. The van der Waals surface area contributed by atoms with Gasteiger partial charge in [0.15, 0.2) is 5.78 Å². The Morgan fingerprint density at radius 2 is 2.21 bits per heavy atom. The van der Waals surface area contributed by atoms with E-state index in [-0.39, 0.29) is 18.4 Å². The SMILES string of the molecule is CC(=O)c1cc(N2CCCCCC2CO)ccc1N. The van der Waals surface area contributed by atoms with Crippen LogP contribution >= 0.6 is 0 Å². The van der Waals surface area contributed by atoms with Crippen LogP contribution in [0.2, 0.25) is 0 Å². The zero-order chi connectivity index (χ0) is 13.8.